The fourth-order valence-corrected chi connectivity index (χ4v) is 2.24. The fourth-order valence-electron chi connectivity index (χ4n) is 2.24. The zero-order valence-electron chi connectivity index (χ0n) is 9.30. The molecule has 0 saturated carbocycles. The third-order valence-electron chi connectivity index (χ3n) is 3.17. The van der Waals surface area contributed by atoms with E-state index in [4.69, 9.17) is 5.11 Å². The summed E-state index contributed by atoms with van der Waals surface area (Å²) in [6.07, 6.45) is 10.4. The van der Waals surface area contributed by atoms with E-state index in [0.29, 0.717) is 6.61 Å². The van der Waals surface area contributed by atoms with Gasteiger partial charge in [0.15, 0.2) is 0 Å². The maximum Gasteiger partial charge on any atom is 0.0431 e. The second kappa shape index (κ2) is 8.25. The molecule has 14 heavy (non-hydrogen) atoms. The van der Waals surface area contributed by atoms with Gasteiger partial charge in [-0.3, -0.25) is 0 Å². The van der Waals surface area contributed by atoms with Crippen molar-refractivity contribution in [2.24, 2.45) is 5.92 Å². The SMILES string of the molecule is OCCCCCCC1CCCCNC1. The number of aliphatic hydroxyl groups excluding tert-OH is 1. The fraction of sp³-hybridized carbons (Fsp3) is 1.00. The summed E-state index contributed by atoms with van der Waals surface area (Å²) in [5.74, 6) is 0.923. The van der Waals surface area contributed by atoms with Crippen molar-refractivity contribution in [2.75, 3.05) is 19.7 Å². The molecule has 0 radical (unpaired) electrons. The summed E-state index contributed by atoms with van der Waals surface area (Å²) in [5.41, 5.74) is 0. The number of nitrogens with one attached hydrogen (secondary N) is 1. The largest absolute Gasteiger partial charge is 0.396 e. The highest BCUT2D eigenvalue weighted by Crippen LogP contribution is 2.18. The van der Waals surface area contributed by atoms with E-state index in [1.165, 1.54) is 58.0 Å². The minimum atomic E-state index is 0.366. The molecule has 0 spiro atoms. The predicted octanol–water partition coefficient (Wildman–Crippen LogP) is 2.32. The Hall–Kier alpha value is -0.0800. The molecule has 0 aromatic heterocycles. The lowest BCUT2D eigenvalue weighted by atomic mass is 9.96. The molecule has 0 aromatic carbocycles. The molecule has 1 heterocycles. The van der Waals surface area contributed by atoms with E-state index < -0.39 is 0 Å². The highest BCUT2D eigenvalue weighted by molar-refractivity contribution is 4.67. The van der Waals surface area contributed by atoms with Gasteiger partial charge in [-0.15, -0.1) is 0 Å². The molecular formula is C12H25NO. The molecule has 0 amide bonds. The summed E-state index contributed by atoms with van der Waals surface area (Å²) in [6, 6.07) is 0. The zero-order chi connectivity index (χ0) is 10.1. The lowest BCUT2D eigenvalue weighted by Crippen LogP contribution is -2.20. The molecule has 0 aliphatic carbocycles. The van der Waals surface area contributed by atoms with Crippen molar-refractivity contribution in [1.29, 1.82) is 0 Å². The van der Waals surface area contributed by atoms with Crippen LogP contribution in [-0.2, 0) is 0 Å². The van der Waals surface area contributed by atoms with Crippen LogP contribution in [0.1, 0.15) is 51.4 Å². The maximum absolute atomic E-state index is 8.64. The van der Waals surface area contributed by atoms with E-state index >= 15 is 0 Å². The molecule has 1 unspecified atom stereocenters. The van der Waals surface area contributed by atoms with Gasteiger partial charge < -0.3 is 10.4 Å². The first-order chi connectivity index (χ1) is 6.93. The topological polar surface area (TPSA) is 32.3 Å². The Balaban J connectivity index is 1.93. The minimum Gasteiger partial charge on any atom is -0.396 e. The van der Waals surface area contributed by atoms with Crippen LogP contribution in [0.5, 0.6) is 0 Å². The van der Waals surface area contributed by atoms with Crippen molar-refractivity contribution in [3.63, 3.8) is 0 Å². The average molecular weight is 199 g/mol. The molecule has 2 nitrogen and oxygen atoms in total. The van der Waals surface area contributed by atoms with Crippen LogP contribution in [0.15, 0.2) is 0 Å². The van der Waals surface area contributed by atoms with Crippen LogP contribution in [0.25, 0.3) is 0 Å². The number of hydrogen-bond donors (Lipinski definition) is 2. The lowest BCUT2D eigenvalue weighted by Gasteiger charge is -2.13. The van der Waals surface area contributed by atoms with Crippen LogP contribution in [-0.4, -0.2) is 24.8 Å². The Morgan fingerprint density at radius 2 is 1.93 bits per heavy atom. The smallest absolute Gasteiger partial charge is 0.0431 e. The van der Waals surface area contributed by atoms with E-state index in [2.05, 4.69) is 5.32 Å². The van der Waals surface area contributed by atoms with E-state index in [1.807, 2.05) is 0 Å². The first-order valence-corrected chi connectivity index (χ1v) is 6.25. The summed E-state index contributed by atoms with van der Waals surface area (Å²) in [4.78, 5) is 0. The number of rotatable bonds is 6. The zero-order valence-corrected chi connectivity index (χ0v) is 9.30. The summed E-state index contributed by atoms with van der Waals surface area (Å²) >= 11 is 0. The van der Waals surface area contributed by atoms with Gasteiger partial charge in [-0.1, -0.05) is 25.7 Å². The number of hydrogen-bond acceptors (Lipinski definition) is 2. The minimum absolute atomic E-state index is 0.366. The Labute approximate surface area is 88.1 Å². The summed E-state index contributed by atoms with van der Waals surface area (Å²) in [7, 11) is 0. The molecule has 1 atom stereocenters. The Morgan fingerprint density at radius 3 is 2.79 bits per heavy atom. The van der Waals surface area contributed by atoms with Crippen molar-refractivity contribution in [3.05, 3.63) is 0 Å². The monoisotopic (exact) mass is 199 g/mol. The average Bonchev–Trinajstić information content (AvgIpc) is 2.46. The van der Waals surface area contributed by atoms with Gasteiger partial charge in [0.05, 0.1) is 0 Å². The molecule has 0 bridgehead atoms. The van der Waals surface area contributed by atoms with E-state index in [0.717, 1.165) is 12.3 Å². The Kier molecular flexibility index (Phi) is 7.06. The van der Waals surface area contributed by atoms with Crippen LogP contribution in [0.3, 0.4) is 0 Å². The van der Waals surface area contributed by atoms with Crippen molar-refractivity contribution in [3.8, 4) is 0 Å². The van der Waals surface area contributed by atoms with Gasteiger partial charge >= 0.3 is 0 Å². The van der Waals surface area contributed by atoms with E-state index in [1.54, 1.807) is 0 Å². The van der Waals surface area contributed by atoms with Gasteiger partial charge in [-0.25, -0.2) is 0 Å². The van der Waals surface area contributed by atoms with Crippen LogP contribution in [0.2, 0.25) is 0 Å². The van der Waals surface area contributed by atoms with Gasteiger partial charge in [0.2, 0.25) is 0 Å². The number of unbranched alkanes of at least 4 members (excludes halogenated alkanes) is 3. The van der Waals surface area contributed by atoms with Crippen LogP contribution in [0.4, 0.5) is 0 Å². The predicted molar refractivity (Wildman–Crippen MR) is 60.4 cm³/mol. The molecular weight excluding hydrogens is 174 g/mol. The third-order valence-corrected chi connectivity index (χ3v) is 3.17. The molecule has 2 heteroatoms. The maximum atomic E-state index is 8.64. The van der Waals surface area contributed by atoms with Gasteiger partial charge in [-0.2, -0.15) is 0 Å². The molecule has 1 rings (SSSR count). The lowest BCUT2D eigenvalue weighted by molar-refractivity contribution is 0.281. The van der Waals surface area contributed by atoms with Crippen LogP contribution >= 0.6 is 0 Å². The quantitative estimate of drug-likeness (QED) is 0.643. The van der Waals surface area contributed by atoms with Crippen molar-refractivity contribution < 1.29 is 5.11 Å². The molecule has 2 N–H and O–H groups in total. The van der Waals surface area contributed by atoms with Gasteiger partial charge in [-0.05, 0) is 44.7 Å². The van der Waals surface area contributed by atoms with Gasteiger partial charge in [0.1, 0.15) is 0 Å². The molecule has 0 aromatic rings. The normalized spacial score (nSPS) is 23.4. The molecule has 1 aliphatic heterocycles. The first kappa shape index (κ1) is 12.0. The third kappa shape index (κ3) is 5.61. The van der Waals surface area contributed by atoms with Crippen molar-refractivity contribution >= 4 is 0 Å². The van der Waals surface area contributed by atoms with E-state index in [9.17, 15) is 0 Å². The Bertz CT molecular complexity index is 119. The Morgan fingerprint density at radius 1 is 1.07 bits per heavy atom. The first-order valence-electron chi connectivity index (χ1n) is 6.25. The highest BCUT2D eigenvalue weighted by Gasteiger charge is 2.10. The van der Waals surface area contributed by atoms with Crippen molar-refractivity contribution in [2.45, 2.75) is 51.4 Å². The summed E-state index contributed by atoms with van der Waals surface area (Å²) in [6.45, 7) is 2.83. The second-order valence-corrected chi connectivity index (χ2v) is 4.49. The van der Waals surface area contributed by atoms with E-state index in [-0.39, 0.29) is 0 Å². The van der Waals surface area contributed by atoms with Crippen LogP contribution < -0.4 is 5.32 Å². The van der Waals surface area contributed by atoms with Gasteiger partial charge in [0.25, 0.3) is 0 Å². The molecule has 1 fully saturated rings. The summed E-state index contributed by atoms with van der Waals surface area (Å²) in [5, 5.41) is 12.2. The van der Waals surface area contributed by atoms with Crippen LogP contribution in [0, 0.1) is 5.92 Å². The van der Waals surface area contributed by atoms with Crippen molar-refractivity contribution in [1.82, 2.24) is 5.32 Å². The molecule has 1 saturated heterocycles. The standard InChI is InChI=1S/C12H25NO/c14-10-6-2-1-3-7-12-8-4-5-9-13-11-12/h12-14H,1-11H2. The highest BCUT2D eigenvalue weighted by atomic mass is 16.2. The van der Waals surface area contributed by atoms with Gasteiger partial charge in [0, 0.05) is 6.61 Å². The second-order valence-electron chi connectivity index (χ2n) is 4.49. The molecule has 1 aliphatic rings. The summed E-state index contributed by atoms with van der Waals surface area (Å²) < 4.78 is 0. The molecule has 84 valence electrons. The number of aliphatic hydroxyl groups is 1.